The molecular formula is C26H23N3O7. The first-order valence-corrected chi connectivity index (χ1v) is 11.2. The van der Waals surface area contributed by atoms with Crippen molar-refractivity contribution in [3.05, 3.63) is 86.7 Å². The van der Waals surface area contributed by atoms with Crippen molar-refractivity contribution in [2.75, 3.05) is 6.61 Å². The van der Waals surface area contributed by atoms with Gasteiger partial charge in [0.15, 0.2) is 5.78 Å². The smallest absolute Gasteiger partial charge is 0.336 e. The van der Waals surface area contributed by atoms with Crippen molar-refractivity contribution in [2.45, 2.75) is 26.7 Å². The number of non-ortho nitro benzene ring substituents is 1. The summed E-state index contributed by atoms with van der Waals surface area (Å²) in [5.74, 6) is -2.21. The molecule has 2 aromatic rings. The Morgan fingerprint density at radius 2 is 1.89 bits per heavy atom. The van der Waals surface area contributed by atoms with Crippen LogP contribution in [0.25, 0.3) is 6.08 Å². The molecule has 36 heavy (non-hydrogen) atoms. The standard InChI is InChI=1S/C26H23N3O7/c1-4-35-26(32)21-14(2)27-25-23(22(21)17-8-10-19(11-9-17)36-15(3)30)24(31)20(28-25)13-16-6-5-7-18(12-16)29(33)34/h5-13,22-23H,4H2,1-3H3,(H,27,28)/b20-13-. The normalized spacial score (nSPS) is 19.9. The minimum atomic E-state index is -0.836. The van der Waals surface area contributed by atoms with Crippen LogP contribution in [-0.4, -0.2) is 35.1 Å². The number of hydrogen-bond acceptors (Lipinski definition) is 9. The SMILES string of the molecule is CCOC(=O)C1=C(C)NC2=N/C(=C\c3cccc([N+](=O)[O-])c3)C(=O)C2C1c1ccc(OC(C)=O)cc1. The Morgan fingerprint density at radius 3 is 2.53 bits per heavy atom. The van der Waals surface area contributed by atoms with Crippen LogP contribution in [0, 0.1) is 16.0 Å². The number of benzene rings is 2. The molecule has 2 atom stereocenters. The maximum absolute atomic E-state index is 13.6. The van der Waals surface area contributed by atoms with E-state index in [0.717, 1.165) is 0 Å². The maximum atomic E-state index is 13.6. The van der Waals surface area contributed by atoms with Gasteiger partial charge in [0, 0.05) is 30.7 Å². The van der Waals surface area contributed by atoms with Crippen molar-refractivity contribution in [3.63, 3.8) is 0 Å². The molecule has 1 N–H and O–H groups in total. The van der Waals surface area contributed by atoms with Crippen LogP contribution in [0.15, 0.2) is 70.5 Å². The zero-order valence-electron chi connectivity index (χ0n) is 19.8. The number of allylic oxidation sites excluding steroid dienone is 2. The highest BCUT2D eigenvalue weighted by Crippen LogP contribution is 2.43. The van der Waals surface area contributed by atoms with Crippen molar-refractivity contribution in [1.82, 2.24) is 5.32 Å². The third-order valence-corrected chi connectivity index (χ3v) is 5.81. The van der Waals surface area contributed by atoms with Crippen LogP contribution >= 0.6 is 0 Å². The second kappa shape index (κ2) is 9.95. The van der Waals surface area contributed by atoms with Gasteiger partial charge in [-0.25, -0.2) is 9.79 Å². The molecule has 0 bridgehead atoms. The number of aliphatic imine (C=N–C) groups is 1. The summed E-state index contributed by atoms with van der Waals surface area (Å²) in [6.45, 7) is 4.85. The fourth-order valence-corrected chi connectivity index (χ4v) is 4.36. The zero-order chi connectivity index (χ0) is 26.0. The van der Waals surface area contributed by atoms with E-state index in [-0.39, 0.29) is 23.8 Å². The molecular weight excluding hydrogens is 466 g/mol. The van der Waals surface area contributed by atoms with E-state index in [0.29, 0.717) is 34.0 Å². The number of carbonyl (C=O) groups excluding carboxylic acids is 3. The predicted octanol–water partition coefficient (Wildman–Crippen LogP) is 3.68. The predicted molar refractivity (Wildman–Crippen MR) is 130 cm³/mol. The van der Waals surface area contributed by atoms with Gasteiger partial charge in [0.2, 0.25) is 0 Å². The van der Waals surface area contributed by atoms with Gasteiger partial charge in [0.25, 0.3) is 5.69 Å². The highest BCUT2D eigenvalue weighted by Gasteiger charge is 2.47. The molecule has 0 saturated carbocycles. The maximum Gasteiger partial charge on any atom is 0.336 e. The van der Waals surface area contributed by atoms with Gasteiger partial charge in [-0.15, -0.1) is 0 Å². The van der Waals surface area contributed by atoms with Gasteiger partial charge in [0.1, 0.15) is 17.3 Å². The third kappa shape index (κ3) is 4.78. The zero-order valence-corrected chi connectivity index (χ0v) is 19.8. The summed E-state index contributed by atoms with van der Waals surface area (Å²) in [7, 11) is 0. The molecule has 4 rings (SSSR count). The Bertz CT molecular complexity index is 1360. The summed E-state index contributed by atoms with van der Waals surface area (Å²) in [6, 6.07) is 12.4. The summed E-state index contributed by atoms with van der Waals surface area (Å²) < 4.78 is 10.4. The second-order valence-electron chi connectivity index (χ2n) is 8.25. The molecule has 10 heteroatoms. The number of carbonyl (C=O) groups is 3. The number of nitro groups is 1. The number of amidine groups is 1. The highest BCUT2D eigenvalue weighted by atomic mass is 16.6. The molecule has 2 aliphatic rings. The van der Waals surface area contributed by atoms with Crippen molar-refractivity contribution in [1.29, 1.82) is 0 Å². The molecule has 0 saturated heterocycles. The van der Waals surface area contributed by atoms with Crippen LogP contribution in [0.2, 0.25) is 0 Å². The number of rotatable bonds is 6. The molecule has 0 fully saturated rings. The minimum Gasteiger partial charge on any atom is -0.463 e. The van der Waals surface area contributed by atoms with E-state index < -0.39 is 28.7 Å². The Balaban J connectivity index is 1.77. The largest absolute Gasteiger partial charge is 0.463 e. The van der Waals surface area contributed by atoms with Gasteiger partial charge in [0.05, 0.1) is 23.0 Å². The van der Waals surface area contributed by atoms with E-state index in [9.17, 15) is 24.5 Å². The molecule has 0 aliphatic carbocycles. The number of nitrogens with one attached hydrogen (secondary N) is 1. The van der Waals surface area contributed by atoms with E-state index in [1.807, 2.05) is 0 Å². The molecule has 10 nitrogen and oxygen atoms in total. The Labute approximate surface area is 206 Å². The van der Waals surface area contributed by atoms with Gasteiger partial charge in [-0.2, -0.15) is 0 Å². The van der Waals surface area contributed by atoms with Crippen LogP contribution in [-0.2, 0) is 19.1 Å². The number of nitrogens with zero attached hydrogens (tertiary/aromatic N) is 2. The van der Waals surface area contributed by atoms with E-state index in [2.05, 4.69) is 10.3 Å². The first-order chi connectivity index (χ1) is 17.2. The number of ketones is 1. The molecule has 184 valence electrons. The molecule has 0 aromatic heterocycles. The first-order valence-electron chi connectivity index (χ1n) is 11.2. The Morgan fingerprint density at radius 1 is 1.17 bits per heavy atom. The number of ether oxygens (including phenoxy) is 2. The lowest BCUT2D eigenvalue weighted by Gasteiger charge is -2.32. The first kappa shape index (κ1) is 24.5. The average molecular weight is 489 g/mol. The number of hydrogen-bond donors (Lipinski definition) is 1. The lowest BCUT2D eigenvalue weighted by Crippen LogP contribution is -2.42. The summed E-state index contributed by atoms with van der Waals surface area (Å²) in [5.41, 5.74) is 1.90. The molecule has 2 aliphatic heterocycles. The second-order valence-corrected chi connectivity index (χ2v) is 8.25. The molecule has 2 aromatic carbocycles. The topological polar surface area (TPSA) is 137 Å². The van der Waals surface area contributed by atoms with Gasteiger partial charge >= 0.3 is 11.9 Å². The van der Waals surface area contributed by atoms with E-state index in [1.165, 1.54) is 31.2 Å². The molecule has 2 unspecified atom stereocenters. The van der Waals surface area contributed by atoms with Gasteiger partial charge in [-0.1, -0.05) is 24.3 Å². The summed E-state index contributed by atoms with van der Waals surface area (Å²) in [5, 5.41) is 14.2. The monoisotopic (exact) mass is 489 g/mol. The Hall–Kier alpha value is -4.60. The van der Waals surface area contributed by atoms with Crippen LogP contribution in [0.3, 0.4) is 0 Å². The van der Waals surface area contributed by atoms with Crippen LogP contribution in [0.4, 0.5) is 5.69 Å². The van der Waals surface area contributed by atoms with Crippen molar-refractivity contribution in [3.8, 4) is 5.75 Å². The van der Waals surface area contributed by atoms with E-state index in [1.54, 1.807) is 44.2 Å². The van der Waals surface area contributed by atoms with Gasteiger partial charge in [-0.05, 0) is 43.2 Å². The van der Waals surface area contributed by atoms with Crippen LogP contribution in [0.5, 0.6) is 5.75 Å². The summed E-state index contributed by atoms with van der Waals surface area (Å²) in [4.78, 5) is 52.9. The van der Waals surface area contributed by atoms with Crippen LogP contribution in [0.1, 0.15) is 37.8 Å². The number of Topliss-reactive ketones (excluding diaryl/α,β-unsaturated/α-hetero) is 1. The quantitative estimate of drug-likeness (QED) is 0.213. The fraction of sp³-hybridized carbons (Fsp3) is 0.231. The summed E-state index contributed by atoms with van der Waals surface area (Å²) >= 11 is 0. The third-order valence-electron chi connectivity index (χ3n) is 5.81. The minimum absolute atomic E-state index is 0.106. The fourth-order valence-electron chi connectivity index (χ4n) is 4.36. The van der Waals surface area contributed by atoms with Crippen molar-refractivity contribution in [2.24, 2.45) is 10.9 Å². The molecule has 0 amide bonds. The van der Waals surface area contributed by atoms with E-state index >= 15 is 0 Å². The van der Waals surface area contributed by atoms with Crippen molar-refractivity contribution < 1.29 is 28.8 Å². The van der Waals surface area contributed by atoms with Crippen molar-refractivity contribution >= 4 is 35.3 Å². The van der Waals surface area contributed by atoms with Crippen LogP contribution < -0.4 is 10.1 Å². The average Bonchev–Trinajstić information content (AvgIpc) is 3.13. The number of nitro benzene ring substituents is 1. The summed E-state index contributed by atoms with van der Waals surface area (Å²) in [6.07, 6.45) is 1.49. The molecule has 0 spiro atoms. The lowest BCUT2D eigenvalue weighted by molar-refractivity contribution is -0.384. The highest BCUT2D eigenvalue weighted by molar-refractivity contribution is 6.21. The number of fused-ring (bicyclic) bond motifs is 1. The van der Waals surface area contributed by atoms with Gasteiger partial charge < -0.3 is 14.8 Å². The molecule has 0 radical (unpaired) electrons. The number of esters is 2. The Kier molecular flexibility index (Phi) is 6.77. The molecule has 2 heterocycles. The van der Waals surface area contributed by atoms with E-state index in [4.69, 9.17) is 9.47 Å². The lowest BCUT2D eigenvalue weighted by atomic mass is 9.75. The van der Waals surface area contributed by atoms with Gasteiger partial charge in [-0.3, -0.25) is 19.7 Å².